The quantitative estimate of drug-likeness (QED) is 0.151. The van der Waals surface area contributed by atoms with Crippen LogP contribution in [-0.2, 0) is 15.5 Å². The lowest BCUT2D eigenvalue weighted by Crippen LogP contribution is -2.44. The molecule has 3 aromatic heterocycles. The van der Waals surface area contributed by atoms with E-state index in [0.717, 1.165) is 11.0 Å². The number of hydrogen-bond donors (Lipinski definition) is 2. The number of aromatic nitrogens is 4. The summed E-state index contributed by atoms with van der Waals surface area (Å²) >= 11 is 6.14. The van der Waals surface area contributed by atoms with Gasteiger partial charge in [-0.2, -0.15) is 8.78 Å². The van der Waals surface area contributed by atoms with Gasteiger partial charge in [0.15, 0.2) is 11.4 Å². The minimum absolute atomic E-state index is 0.0210. The molecule has 0 spiro atoms. The lowest BCUT2D eigenvalue weighted by Gasteiger charge is -2.37. The van der Waals surface area contributed by atoms with Crippen LogP contribution in [0.15, 0.2) is 51.7 Å². The van der Waals surface area contributed by atoms with Gasteiger partial charge in [-0.15, -0.1) is 0 Å². The number of likely N-dealkylation sites (tertiary alicyclic amines) is 1. The maximum absolute atomic E-state index is 15.8. The molecule has 2 aliphatic rings. The number of furan rings is 1. The van der Waals surface area contributed by atoms with Gasteiger partial charge in [0.25, 0.3) is 0 Å². The monoisotopic (exact) mass is 694 g/mol. The smallest absolute Gasteiger partial charge is 0.326 e. The number of piperidine rings is 1. The molecule has 1 amide bonds. The maximum Gasteiger partial charge on any atom is 0.326 e. The summed E-state index contributed by atoms with van der Waals surface area (Å²) in [6.45, 7) is 3.41. The van der Waals surface area contributed by atoms with E-state index >= 15 is 8.78 Å². The van der Waals surface area contributed by atoms with Gasteiger partial charge in [-0.3, -0.25) is 9.36 Å². The number of anilines is 1. The Balaban J connectivity index is 0.990. The average molecular weight is 695 g/mol. The van der Waals surface area contributed by atoms with Gasteiger partial charge in [0.05, 0.1) is 11.0 Å². The minimum atomic E-state index is -3.40. The molecule has 0 bridgehead atoms. The van der Waals surface area contributed by atoms with Crippen LogP contribution in [0.2, 0.25) is 5.02 Å². The Labute approximate surface area is 284 Å². The number of imidazole rings is 1. The van der Waals surface area contributed by atoms with Crippen molar-refractivity contribution in [3.63, 3.8) is 0 Å². The number of rotatable bonds is 10. The summed E-state index contributed by atoms with van der Waals surface area (Å²) in [5, 5.41) is 10.7. The number of halogens is 3. The number of carboxylic acid groups (broad SMARTS) is 1. The summed E-state index contributed by atoms with van der Waals surface area (Å²) in [5.41, 5.74) is 2.16. The van der Waals surface area contributed by atoms with E-state index in [-0.39, 0.29) is 53.3 Å². The lowest BCUT2D eigenvalue weighted by atomic mass is 9.93. The van der Waals surface area contributed by atoms with Crippen LogP contribution in [0.25, 0.3) is 33.1 Å². The summed E-state index contributed by atoms with van der Waals surface area (Å²) < 4.78 is 39.3. The normalized spacial score (nSPS) is 20.2. The van der Waals surface area contributed by atoms with Crippen molar-refractivity contribution >= 4 is 62.4 Å². The third-order valence-corrected chi connectivity index (χ3v) is 10.2. The van der Waals surface area contributed by atoms with Crippen LogP contribution < -0.4 is 10.6 Å². The van der Waals surface area contributed by atoms with Crippen molar-refractivity contribution in [3.8, 4) is 0 Å². The van der Waals surface area contributed by atoms with Crippen LogP contribution in [0, 0.1) is 5.92 Å². The number of nitrogens with zero attached hydrogens (tertiary/aromatic N) is 5. The van der Waals surface area contributed by atoms with E-state index in [0.29, 0.717) is 67.7 Å². The molecule has 0 unspecified atom stereocenters. The van der Waals surface area contributed by atoms with Gasteiger partial charge in [0.2, 0.25) is 11.7 Å². The van der Waals surface area contributed by atoms with Gasteiger partial charge in [0, 0.05) is 55.0 Å². The van der Waals surface area contributed by atoms with Crippen molar-refractivity contribution in [3.05, 3.63) is 63.8 Å². The molecule has 14 heteroatoms. The van der Waals surface area contributed by atoms with Crippen molar-refractivity contribution < 1.29 is 27.9 Å². The Morgan fingerprint density at radius 1 is 1.10 bits per heavy atom. The number of carbonyl (C=O) groups excluding carboxylic acids is 1. The SMILES string of the molecule is C[C@H]1CN(C(=O)CCCCCC(F)(F)c2nc(N3CCC[C@H]3C(=O)O)c3oc4cc(Cl)ccc4c3n2)CC[C@@H]1n1c(=O)[nH]c2ccccc21. The second-order valence-electron chi connectivity index (χ2n) is 13.2. The summed E-state index contributed by atoms with van der Waals surface area (Å²) in [7, 11) is 0. The number of carboxylic acids is 1. The van der Waals surface area contributed by atoms with Gasteiger partial charge >= 0.3 is 17.6 Å². The number of alkyl halides is 2. The number of aliphatic carboxylic acids is 1. The highest BCUT2D eigenvalue weighted by atomic mass is 35.5. The standard InChI is InChI=1S/C35H37ClF2N6O5/c1-20-19-42(17-14-24(20)44-25-9-5-4-8-23(25)39-34(44)48)28(45)11-3-2-6-15-35(37,38)33-40-29-22-13-12-21(36)18-27(22)49-30(29)31(41-33)43-16-7-10-26(43)32(46)47/h4-5,8-9,12-13,18,20,24,26H,2-3,6-7,10-11,14-17,19H2,1H3,(H,39,48)(H,46,47)/t20-,24-,26-/m0/s1. The summed E-state index contributed by atoms with van der Waals surface area (Å²) in [6, 6.07) is 11.4. The van der Waals surface area contributed by atoms with E-state index < -0.39 is 30.2 Å². The molecule has 2 fully saturated rings. The Morgan fingerprint density at radius 2 is 1.92 bits per heavy atom. The zero-order valence-electron chi connectivity index (χ0n) is 27.0. The van der Waals surface area contributed by atoms with E-state index in [1.54, 1.807) is 22.8 Å². The summed E-state index contributed by atoms with van der Waals surface area (Å²) in [5.74, 6) is -5.08. The number of para-hydroxylation sites is 2. The number of H-pyrrole nitrogens is 1. The molecule has 2 saturated heterocycles. The van der Waals surface area contributed by atoms with Crippen LogP contribution in [0.3, 0.4) is 0 Å². The molecule has 49 heavy (non-hydrogen) atoms. The van der Waals surface area contributed by atoms with E-state index in [2.05, 4.69) is 15.0 Å². The highest BCUT2D eigenvalue weighted by Crippen LogP contribution is 2.40. The molecule has 0 aliphatic carbocycles. The van der Waals surface area contributed by atoms with Gasteiger partial charge < -0.3 is 24.3 Å². The Bertz CT molecular complexity index is 2110. The molecule has 3 atom stereocenters. The first kappa shape index (κ1) is 33.0. The van der Waals surface area contributed by atoms with Crippen LogP contribution in [0.5, 0.6) is 0 Å². The van der Waals surface area contributed by atoms with Crippen molar-refractivity contribution in [1.82, 2.24) is 24.4 Å². The van der Waals surface area contributed by atoms with Crippen molar-refractivity contribution in [2.45, 2.75) is 76.3 Å². The van der Waals surface area contributed by atoms with Crippen LogP contribution >= 0.6 is 11.6 Å². The fraction of sp³-hybridized carbons (Fsp3) is 0.457. The molecule has 0 saturated carbocycles. The number of carbonyl (C=O) groups is 2. The Hall–Kier alpha value is -4.52. The fourth-order valence-electron chi connectivity index (χ4n) is 7.45. The fourth-order valence-corrected chi connectivity index (χ4v) is 7.62. The third-order valence-electron chi connectivity index (χ3n) is 9.95. The molecule has 2 N–H and O–H groups in total. The van der Waals surface area contributed by atoms with Gasteiger partial charge in [-0.05, 0) is 62.3 Å². The number of nitrogens with one attached hydrogen (secondary N) is 1. The van der Waals surface area contributed by atoms with Crippen molar-refractivity contribution in [1.29, 1.82) is 0 Å². The Kier molecular flexibility index (Phi) is 8.80. The van der Waals surface area contributed by atoms with Crippen LogP contribution in [0.1, 0.15) is 70.2 Å². The van der Waals surface area contributed by atoms with Crippen LogP contribution in [-0.4, -0.2) is 67.1 Å². The van der Waals surface area contributed by atoms with Crippen molar-refractivity contribution in [2.24, 2.45) is 5.92 Å². The molecule has 11 nitrogen and oxygen atoms in total. The minimum Gasteiger partial charge on any atom is -0.480 e. The first-order valence-corrected chi connectivity index (χ1v) is 17.1. The number of hydrogen-bond acceptors (Lipinski definition) is 7. The van der Waals surface area contributed by atoms with Gasteiger partial charge in [0.1, 0.15) is 17.1 Å². The molecule has 5 aromatic rings. The second-order valence-corrected chi connectivity index (χ2v) is 13.7. The van der Waals surface area contributed by atoms with E-state index in [4.69, 9.17) is 16.0 Å². The molecular formula is C35H37ClF2N6O5. The zero-order valence-corrected chi connectivity index (χ0v) is 27.8. The summed E-state index contributed by atoms with van der Waals surface area (Å²) in [6.07, 6.45) is 2.30. The average Bonchev–Trinajstić information content (AvgIpc) is 3.79. The highest BCUT2D eigenvalue weighted by molar-refractivity contribution is 6.31. The predicted octanol–water partition coefficient (Wildman–Crippen LogP) is 6.88. The Morgan fingerprint density at radius 3 is 2.71 bits per heavy atom. The van der Waals surface area contributed by atoms with E-state index in [9.17, 15) is 19.5 Å². The molecular weight excluding hydrogens is 658 g/mol. The molecule has 258 valence electrons. The lowest BCUT2D eigenvalue weighted by molar-refractivity contribution is -0.138. The van der Waals surface area contributed by atoms with Crippen molar-refractivity contribution in [2.75, 3.05) is 24.5 Å². The zero-order chi connectivity index (χ0) is 34.4. The van der Waals surface area contributed by atoms with Gasteiger partial charge in [-0.25, -0.2) is 19.6 Å². The number of unbranched alkanes of at least 4 members (excludes halogenated alkanes) is 2. The number of benzene rings is 2. The van der Waals surface area contributed by atoms with Crippen LogP contribution in [0.4, 0.5) is 14.6 Å². The molecule has 2 aliphatic heterocycles. The molecule has 7 rings (SSSR count). The largest absolute Gasteiger partial charge is 0.480 e. The predicted molar refractivity (Wildman–Crippen MR) is 181 cm³/mol. The first-order valence-electron chi connectivity index (χ1n) is 16.8. The second kappa shape index (κ2) is 13.1. The first-order chi connectivity index (χ1) is 23.5. The molecule has 0 radical (unpaired) electrons. The number of amides is 1. The molecule has 5 heterocycles. The van der Waals surface area contributed by atoms with E-state index in [1.165, 1.54) is 4.90 Å². The maximum atomic E-state index is 15.8. The number of aromatic amines is 1. The van der Waals surface area contributed by atoms with Gasteiger partial charge in [-0.1, -0.05) is 37.1 Å². The summed E-state index contributed by atoms with van der Waals surface area (Å²) in [4.78, 5) is 52.5. The van der Waals surface area contributed by atoms with E-state index in [1.807, 2.05) is 36.1 Å². The highest BCUT2D eigenvalue weighted by Gasteiger charge is 2.40. The molecule has 2 aromatic carbocycles. The topological polar surface area (TPSA) is 138 Å². The third kappa shape index (κ3) is 6.24. The number of fused-ring (bicyclic) bond motifs is 4.